The Morgan fingerprint density at radius 1 is 1.10 bits per heavy atom. The van der Waals surface area contributed by atoms with Gasteiger partial charge in [0.2, 0.25) is 6.79 Å². The highest BCUT2D eigenvalue weighted by molar-refractivity contribution is 6.39. The van der Waals surface area contributed by atoms with Crippen molar-refractivity contribution < 1.29 is 23.8 Å². The minimum absolute atomic E-state index is 0.0143. The van der Waals surface area contributed by atoms with Crippen molar-refractivity contribution in [3.05, 3.63) is 52.0 Å². The number of benzene rings is 2. The van der Waals surface area contributed by atoms with E-state index < -0.39 is 12.0 Å². The summed E-state index contributed by atoms with van der Waals surface area (Å²) in [6, 6.07) is 9.10. The third kappa shape index (κ3) is 3.92. The molecule has 0 fully saturated rings. The Hall–Kier alpha value is -3.23. The number of nitrogens with one attached hydrogen (secondary N) is 2. The van der Waals surface area contributed by atoms with E-state index in [1.54, 1.807) is 43.3 Å². The van der Waals surface area contributed by atoms with Gasteiger partial charge in [0.05, 0.1) is 27.9 Å². The molecule has 1 aromatic heterocycles. The van der Waals surface area contributed by atoms with Crippen LogP contribution < -0.4 is 20.1 Å². The molecule has 8 nitrogen and oxygen atoms in total. The molecular weight excluding hydrogens is 433 g/mol. The second-order valence-corrected chi connectivity index (χ2v) is 6.99. The fraction of sp³-hybridized carbons (Fsp3) is 0.150. The molecule has 1 aliphatic heterocycles. The molecule has 2 heterocycles. The van der Waals surface area contributed by atoms with Crippen LogP contribution in [0.3, 0.4) is 0 Å². The van der Waals surface area contributed by atoms with Crippen molar-refractivity contribution in [2.45, 2.75) is 6.92 Å². The summed E-state index contributed by atoms with van der Waals surface area (Å²) in [5, 5.41) is 6.28. The Kier molecular flexibility index (Phi) is 5.52. The van der Waals surface area contributed by atoms with Crippen LogP contribution in [0.15, 0.2) is 36.4 Å². The zero-order valence-electron chi connectivity index (χ0n) is 15.6. The van der Waals surface area contributed by atoms with Gasteiger partial charge in [0, 0.05) is 11.5 Å². The molecule has 0 bridgehead atoms. The van der Waals surface area contributed by atoms with E-state index in [0.29, 0.717) is 22.4 Å². The van der Waals surface area contributed by atoms with Crippen molar-refractivity contribution in [3.63, 3.8) is 0 Å². The molecule has 4 rings (SSSR count). The SMILES string of the molecule is CCOC(=O)c1cc2cc3c(cc2nc1NC(=O)Nc1c(Cl)cccc1Cl)OCO3. The van der Waals surface area contributed by atoms with Crippen LogP contribution >= 0.6 is 23.2 Å². The zero-order valence-corrected chi connectivity index (χ0v) is 17.1. The van der Waals surface area contributed by atoms with E-state index in [4.69, 9.17) is 37.4 Å². The van der Waals surface area contributed by atoms with E-state index in [0.717, 1.165) is 0 Å². The second-order valence-electron chi connectivity index (χ2n) is 6.18. The number of pyridine rings is 1. The maximum atomic E-state index is 12.6. The molecule has 2 amide bonds. The van der Waals surface area contributed by atoms with Crippen molar-refractivity contribution in [3.8, 4) is 11.5 Å². The van der Waals surface area contributed by atoms with Crippen LogP contribution in [-0.4, -0.2) is 30.4 Å². The Bertz CT molecular complexity index is 1150. The normalized spacial score (nSPS) is 12.0. The summed E-state index contributed by atoms with van der Waals surface area (Å²) in [6.45, 7) is 1.95. The first-order valence-corrected chi connectivity index (χ1v) is 9.65. The molecule has 0 saturated heterocycles. The number of hydrogen-bond acceptors (Lipinski definition) is 6. The molecule has 1 aliphatic rings. The van der Waals surface area contributed by atoms with Crippen molar-refractivity contribution in [1.29, 1.82) is 0 Å². The summed E-state index contributed by atoms with van der Waals surface area (Å²) in [5.41, 5.74) is 0.821. The number of urea groups is 1. The van der Waals surface area contributed by atoms with Gasteiger partial charge in [-0.3, -0.25) is 5.32 Å². The van der Waals surface area contributed by atoms with Crippen LogP contribution in [0.1, 0.15) is 17.3 Å². The quantitative estimate of drug-likeness (QED) is 0.540. The molecule has 3 aromatic rings. The maximum absolute atomic E-state index is 12.6. The van der Waals surface area contributed by atoms with Crippen LogP contribution in [0.25, 0.3) is 10.9 Å². The molecule has 0 saturated carbocycles. The molecule has 0 radical (unpaired) electrons. The van der Waals surface area contributed by atoms with E-state index in [1.165, 1.54) is 0 Å². The Morgan fingerprint density at radius 2 is 1.80 bits per heavy atom. The second kappa shape index (κ2) is 8.25. The number of hydrogen-bond donors (Lipinski definition) is 2. The number of nitrogens with zero attached hydrogens (tertiary/aromatic N) is 1. The van der Waals surface area contributed by atoms with Crippen LogP contribution in [-0.2, 0) is 4.74 Å². The molecule has 0 spiro atoms. The number of rotatable bonds is 4. The van der Waals surface area contributed by atoms with Crippen molar-refractivity contribution in [2.24, 2.45) is 0 Å². The average Bonchev–Trinajstić information content (AvgIpc) is 3.16. The lowest BCUT2D eigenvalue weighted by molar-refractivity contribution is 0.0527. The van der Waals surface area contributed by atoms with Crippen molar-refractivity contribution in [1.82, 2.24) is 4.98 Å². The monoisotopic (exact) mass is 447 g/mol. The summed E-state index contributed by atoms with van der Waals surface area (Å²) >= 11 is 12.2. The summed E-state index contributed by atoms with van der Waals surface area (Å²) < 4.78 is 15.8. The fourth-order valence-electron chi connectivity index (χ4n) is 2.89. The van der Waals surface area contributed by atoms with Gasteiger partial charge in [-0.1, -0.05) is 29.3 Å². The molecule has 2 aromatic carbocycles. The van der Waals surface area contributed by atoms with Gasteiger partial charge in [-0.25, -0.2) is 14.6 Å². The Balaban J connectivity index is 1.70. The zero-order chi connectivity index (χ0) is 21.3. The fourth-order valence-corrected chi connectivity index (χ4v) is 3.39. The molecule has 0 atom stereocenters. The van der Waals surface area contributed by atoms with Gasteiger partial charge >= 0.3 is 12.0 Å². The largest absolute Gasteiger partial charge is 0.462 e. The number of amides is 2. The van der Waals surface area contributed by atoms with Crippen molar-refractivity contribution >= 4 is 57.6 Å². The standard InChI is InChI=1S/C20H15Cl2N3O5/c1-2-28-19(26)11-6-10-7-15-16(30-9-29-15)8-14(10)23-18(11)25-20(27)24-17-12(21)4-3-5-13(17)22/h3-8H,2,9H2,1H3,(H2,23,24,25,27). The average molecular weight is 448 g/mol. The topological polar surface area (TPSA) is 98.8 Å². The van der Waals surface area contributed by atoms with E-state index in [-0.39, 0.29) is 40.5 Å². The molecule has 10 heteroatoms. The van der Waals surface area contributed by atoms with Crippen LogP contribution in [0.2, 0.25) is 10.0 Å². The first kappa shape index (κ1) is 20.1. The first-order valence-electron chi connectivity index (χ1n) is 8.89. The highest BCUT2D eigenvalue weighted by Gasteiger charge is 2.21. The van der Waals surface area contributed by atoms with Gasteiger partial charge in [-0.2, -0.15) is 0 Å². The summed E-state index contributed by atoms with van der Waals surface area (Å²) in [4.78, 5) is 29.4. The Labute approximate surface area is 181 Å². The smallest absolute Gasteiger partial charge is 0.341 e. The molecular formula is C20H15Cl2N3O5. The number of esters is 1. The number of aromatic nitrogens is 1. The lowest BCUT2D eigenvalue weighted by Gasteiger charge is -2.13. The minimum atomic E-state index is -0.678. The minimum Gasteiger partial charge on any atom is -0.462 e. The van der Waals surface area contributed by atoms with Gasteiger partial charge in [0.25, 0.3) is 0 Å². The molecule has 0 aliphatic carbocycles. The molecule has 2 N–H and O–H groups in total. The van der Waals surface area contributed by atoms with Crippen molar-refractivity contribution in [2.75, 3.05) is 24.0 Å². The lowest BCUT2D eigenvalue weighted by atomic mass is 10.1. The maximum Gasteiger partial charge on any atom is 0.341 e. The number of ether oxygens (including phenoxy) is 3. The molecule has 154 valence electrons. The van der Waals surface area contributed by atoms with Crippen LogP contribution in [0.5, 0.6) is 11.5 Å². The number of carbonyl (C=O) groups is 2. The van der Waals surface area contributed by atoms with Gasteiger partial charge in [0.1, 0.15) is 11.4 Å². The Morgan fingerprint density at radius 3 is 2.50 bits per heavy atom. The highest BCUT2D eigenvalue weighted by Crippen LogP contribution is 2.37. The predicted octanol–water partition coefficient (Wildman–Crippen LogP) is 5.09. The summed E-state index contributed by atoms with van der Waals surface area (Å²) in [5.74, 6) is 0.458. The van der Waals surface area contributed by atoms with Crippen LogP contribution in [0.4, 0.5) is 16.3 Å². The number of carbonyl (C=O) groups excluding carboxylic acids is 2. The van der Waals surface area contributed by atoms with Gasteiger partial charge in [-0.05, 0) is 31.2 Å². The number of anilines is 2. The third-order valence-electron chi connectivity index (χ3n) is 4.24. The summed E-state index contributed by atoms with van der Waals surface area (Å²) in [6.07, 6.45) is 0. The van der Waals surface area contributed by atoms with E-state index >= 15 is 0 Å². The van der Waals surface area contributed by atoms with Gasteiger partial charge < -0.3 is 19.5 Å². The molecule has 0 unspecified atom stereocenters. The lowest BCUT2D eigenvalue weighted by Crippen LogP contribution is -2.22. The van der Waals surface area contributed by atoms with E-state index in [1.807, 2.05) is 0 Å². The van der Waals surface area contributed by atoms with Gasteiger partial charge in [-0.15, -0.1) is 0 Å². The summed E-state index contributed by atoms with van der Waals surface area (Å²) in [7, 11) is 0. The van der Waals surface area contributed by atoms with Crippen LogP contribution in [0, 0.1) is 0 Å². The predicted molar refractivity (Wildman–Crippen MR) is 113 cm³/mol. The van der Waals surface area contributed by atoms with Gasteiger partial charge in [0.15, 0.2) is 11.5 Å². The number of halogens is 2. The first-order chi connectivity index (χ1) is 14.5. The van der Waals surface area contributed by atoms with E-state index in [9.17, 15) is 9.59 Å². The number of fused-ring (bicyclic) bond motifs is 2. The van der Waals surface area contributed by atoms with E-state index in [2.05, 4.69) is 15.6 Å². The molecule has 30 heavy (non-hydrogen) atoms. The highest BCUT2D eigenvalue weighted by atomic mass is 35.5. The third-order valence-corrected chi connectivity index (χ3v) is 4.87. The number of para-hydroxylation sites is 1.